The highest BCUT2D eigenvalue weighted by molar-refractivity contribution is 6.05. The molecule has 0 radical (unpaired) electrons. The zero-order valence-corrected chi connectivity index (χ0v) is 25.1. The minimum Gasteiger partial charge on any atom is -0.228 e. The molecule has 7 aromatic rings. The van der Waals surface area contributed by atoms with Gasteiger partial charge in [0.05, 0.1) is 23.0 Å². The Kier molecular flexibility index (Phi) is 6.18. The predicted molar refractivity (Wildman–Crippen MR) is 184 cm³/mol. The van der Waals surface area contributed by atoms with Crippen LogP contribution in [-0.4, -0.2) is 9.97 Å². The first-order valence-corrected chi connectivity index (χ1v) is 15.2. The normalized spacial score (nSPS) is 12.8. The van der Waals surface area contributed by atoms with Gasteiger partial charge in [0.15, 0.2) is 5.82 Å². The Morgan fingerprint density at radius 1 is 0.489 bits per heavy atom. The fraction of sp³-hybridized carbons (Fsp3) is 0.0714. The van der Waals surface area contributed by atoms with Gasteiger partial charge in [-0.15, -0.1) is 0 Å². The summed E-state index contributed by atoms with van der Waals surface area (Å²) in [5, 5.41) is 11.9. The van der Waals surface area contributed by atoms with E-state index in [1.165, 1.54) is 38.8 Å². The van der Waals surface area contributed by atoms with E-state index in [-0.39, 0.29) is 5.41 Å². The van der Waals surface area contributed by atoms with Crippen LogP contribution in [0.3, 0.4) is 0 Å². The topological polar surface area (TPSA) is 49.6 Å². The van der Waals surface area contributed by atoms with Gasteiger partial charge in [-0.1, -0.05) is 129 Å². The zero-order chi connectivity index (χ0) is 30.5. The van der Waals surface area contributed by atoms with Crippen molar-refractivity contribution < 1.29 is 0 Å². The van der Waals surface area contributed by atoms with Crippen molar-refractivity contribution in [1.29, 1.82) is 5.26 Å². The van der Waals surface area contributed by atoms with Gasteiger partial charge >= 0.3 is 0 Å². The van der Waals surface area contributed by atoms with Gasteiger partial charge in [0.1, 0.15) is 0 Å². The van der Waals surface area contributed by atoms with Crippen molar-refractivity contribution >= 4 is 10.8 Å². The third-order valence-corrected chi connectivity index (χ3v) is 9.14. The van der Waals surface area contributed by atoms with Gasteiger partial charge in [-0.05, 0) is 68.4 Å². The number of fused-ring (bicyclic) bond motifs is 4. The van der Waals surface area contributed by atoms with Crippen LogP contribution in [-0.2, 0) is 5.41 Å². The summed E-state index contributed by atoms with van der Waals surface area (Å²) in [5.74, 6) is 0.652. The smallest absolute Gasteiger partial charge is 0.160 e. The number of hydrogen-bond acceptors (Lipinski definition) is 3. The average Bonchev–Trinajstić information content (AvgIpc) is 3.33. The summed E-state index contributed by atoms with van der Waals surface area (Å²) in [5.41, 5.74) is 12.8. The van der Waals surface area contributed by atoms with E-state index in [9.17, 15) is 5.26 Å². The number of benzene rings is 6. The molecule has 1 aliphatic rings. The molecule has 0 fully saturated rings. The van der Waals surface area contributed by atoms with E-state index in [0.29, 0.717) is 11.4 Å². The molecular formula is C42H29N3. The minimum absolute atomic E-state index is 0.0638. The molecule has 0 aliphatic heterocycles. The summed E-state index contributed by atoms with van der Waals surface area (Å²) >= 11 is 0. The molecule has 8 rings (SSSR count). The lowest BCUT2D eigenvalue weighted by molar-refractivity contribution is 0.660. The molecule has 0 bridgehead atoms. The van der Waals surface area contributed by atoms with Crippen LogP contribution in [0.5, 0.6) is 0 Å². The van der Waals surface area contributed by atoms with Crippen LogP contribution in [0.25, 0.3) is 66.9 Å². The third kappa shape index (κ3) is 4.42. The highest BCUT2D eigenvalue weighted by Crippen LogP contribution is 2.50. The lowest BCUT2D eigenvalue weighted by Gasteiger charge is -2.22. The first kappa shape index (κ1) is 26.8. The van der Waals surface area contributed by atoms with Crippen molar-refractivity contribution in [3.05, 3.63) is 156 Å². The van der Waals surface area contributed by atoms with E-state index in [1.54, 1.807) is 0 Å². The Bertz CT molecular complexity index is 2310. The molecule has 0 unspecified atom stereocenters. The van der Waals surface area contributed by atoms with Gasteiger partial charge < -0.3 is 0 Å². The quantitative estimate of drug-likeness (QED) is 0.210. The molecule has 1 heterocycles. The molecule has 0 N–H and O–H groups in total. The van der Waals surface area contributed by atoms with Gasteiger partial charge in [0.25, 0.3) is 0 Å². The second-order valence-electron chi connectivity index (χ2n) is 12.2. The second kappa shape index (κ2) is 10.4. The maximum atomic E-state index is 9.56. The first-order chi connectivity index (χ1) is 22.0. The van der Waals surface area contributed by atoms with E-state index in [1.807, 2.05) is 60.7 Å². The monoisotopic (exact) mass is 575 g/mol. The van der Waals surface area contributed by atoms with E-state index < -0.39 is 0 Å². The molecule has 45 heavy (non-hydrogen) atoms. The molecule has 1 aliphatic carbocycles. The summed E-state index contributed by atoms with van der Waals surface area (Å²) in [6, 6.07) is 50.7. The number of nitrogens with zero attached hydrogens (tertiary/aromatic N) is 3. The molecule has 0 saturated heterocycles. The predicted octanol–water partition coefficient (Wildman–Crippen LogP) is 10.5. The highest BCUT2D eigenvalue weighted by atomic mass is 14.9. The summed E-state index contributed by atoms with van der Waals surface area (Å²) in [7, 11) is 0. The number of hydrogen-bond donors (Lipinski definition) is 0. The lowest BCUT2D eigenvalue weighted by atomic mass is 9.81. The SMILES string of the molecule is CC1(C)c2ccccc2-c2ccc(-c3ccc(-c4cc(-c5cccc(C#N)c5)nc(-c5ccccc5)n4)c4ccccc34)cc21. The molecule has 0 atom stereocenters. The Morgan fingerprint density at radius 2 is 1.13 bits per heavy atom. The van der Waals surface area contributed by atoms with Crippen LogP contribution < -0.4 is 0 Å². The molecule has 6 aromatic carbocycles. The lowest BCUT2D eigenvalue weighted by Crippen LogP contribution is -2.14. The summed E-state index contributed by atoms with van der Waals surface area (Å²) < 4.78 is 0. The number of rotatable bonds is 4. The van der Waals surface area contributed by atoms with Crippen LogP contribution in [0.1, 0.15) is 30.5 Å². The van der Waals surface area contributed by atoms with Gasteiger partial charge in [-0.25, -0.2) is 9.97 Å². The molecule has 3 nitrogen and oxygen atoms in total. The Hall–Kier alpha value is -5.85. The molecule has 3 heteroatoms. The average molecular weight is 576 g/mol. The number of nitriles is 1. The van der Waals surface area contributed by atoms with E-state index in [0.717, 1.165) is 33.5 Å². The van der Waals surface area contributed by atoms with Gasteiger partial charge in [0, 0.05) is 22.1 Å². The fourth-order valence-electron chi connectivity index (χ4n) is 6.84. The molecule has 0 amide bonds. The summed E-state index contributed by atoms with van der Waals surface area (Å²) in [4.78, 5) is 10.1. The Morgan fingerprint density at radius 3 is 1.96 bits per heavy atom. The van der Waals surface area contributed by atoms with Crippen LogP contribution >= 0.6 is 0 Å². The Labute approximate surface area is 263 Å². The molecule has 1 aromatic heterocycles. The maximum absolute atomic E-state index is 9.56. The van der Waals surface area contributed by atoms with Gasteiger partial charge in [-0.2, -0.15) is 5.26 Å². The van der Waals surface area contributed by atoms with Crippen LogP contribution in [0, 0.1) is 11.3 Å². The van der Waals surface area contributed by atoms with Crippen LogP contribution in [0.15, 0.2) is 140 Å². The summed E-state index contributed by atoms with van der Waals surface area (Å²) in [6.45, 7) is 4.65. The molecule has 0 saturated carbocycles. The van der Waals surface area contributed by atoms with Crippen LogP contribution in [0.4, 0.5) is 0 Å². The van der Waals surface area contributed by atoms with Crippen molar-refractivity contribution in [2.75, 3.05) is 0 Å². The highest BCUT2D eigenvalue weighted by Gasteiger charge is 2.35. The standard InChI is InChI=1S/C42H29N3/c1-42(2)37-18-9-8-17-34(37)35-20-19-29(24-38(35)42)31-21-22-36(33-16-7-6-15-32(31)33)40-25-39(30-14-10-11-27(23-30)26-43)44-41(45-40)28-12-4-3-5-13-28/h3-25H,1-2H3. The maximum Gasteiger partial charge on any atom is 0.160 e. The van der Waals surface area contributed by atoms with Crippen molar-refractivity contribution in [2.45, 2.75) is 19.3 Å². The van der Waals surface area contributed by atoms with Crippen molar-refractivity contribution in [1.82, 2.24) is 9.97 Å². The fourth-order valence-corrected chi connectivity index (χ4v) is 6.84. The summed E-state index contributed by atoms with van der Waals surface area (Å²) in [6.07, 6.45) is 0. The largest absolute Gasteiger partial charge is 0.228 e. The Balaban J connectivity index is 1.31. The van der Waals surface area contributed by atoms with Gasteiger partial charge in [0.2, 0.25) is 0 Å². The number of aromatic nitrogens is 2. The molecule has 212 valence electrons. The second-order valence-corrected chi connectivity index (χ2v) is 12.2. The third-order valence-electron chi connectivity index (χ3n) is 9.14. The van der Waals surface area contributed by atoms with Crippen LogP contribution in [0.2, 0.25) is 0 Å². The minimum atomic E-state index is -0.0638. The zero-order valence-electron chi connectivity index (χ0n) is 25.1. The molecular weight excluding hydrogens is 546 g/mol. The van der Waals surface area contributed by atoms with Crippen molar-refractivity contribution in [2.24, 2.45) is 0 Å². The van der Waals surface area contributed by atoms with E-state index in [2.05, 4.69) is 98.8 Å². The molecule has 0 spiro atoms. The van der Waals surface area contributed by atoms with Gasteiger partial charge in [-0.3, -0.25) is 0 Å². The first-order valence-electron chi connectivity index (χ1n) is 15.2. The van der Waals surface area contributed by atoms with Crippen molar-refractivity contribution in [3.63, 3.8) is 0 Å². The van der Waals surface area contributed by atoms with E-state index >= 15 is 0 Å². The van der Waals surface area contributed by atoms with E-state index in [4.69, 9.17) is 9.97 Å². The van der Waals surface area contributed by atoms with Crippen molar-refractivity contribution in [3.8, 4) is 62.2 Å².